The first-order chi connectivity index (χ1) is 8.99. The minimum atomic E-state index is -0.947. The summed E-state index contributed by atoms with van der Waals surface area (Å²) in [5.74, 6) is 6.28. The van der Waals surface area contributed by atoms with E-state index >= 15 is 0 Å². The number of rotatable bonds is 7. The number of anilines is 2. The van der Waals surface area contributed by atoms with Crippen LogP contribution >= 0.6 is 0 Å². The molecule has 1 rings (SSSR count). The van der Waals surface area contributed by atoms with Crippen LogP contribution in [0.4, 0.5) is 17.5 Å². The zero-order valence-corrected chi connectivity index (χ0v) is 11.5. The highest BCUT2D eigenvalue weighted by Gasteiger charge is 2.21. The first-order valence-electron chi connectivity index (χ1n) is 5.58. The summed E-state index contributed by atoms with van der Waals surface area (Å²) in [6, 6.07) is 0. The van der Waals surface area contributed by atoms with Crippen LogP contribution in [0.3, 0.4) is 0 Å². The molecular formula is C9H16N6O3S. The zero-order valence-electron chi connectivity index (χ0n) is 10.7. The Balaban J connectivity index is 2.93. The lowest BCUT2D eigenvalue weighted by Crippen LogP contribution is -2.17. The number of hydrogen-bond acceptors (Lipinski definition) is 8. The van der Waals surface area contributed by atoms with Crippen LogP contribution in [0, 0.1) is 17.0 Å². The zero-order chi connectivity index (χ0) is 14.4. The molecule has 1 aromatic rings. The Bertz CT molecular complexity index is 495. The van der Waals surface area contributed by atoms with E-state index in [4.69, 9.17) is 5.84 Å². The average Bonchev–Trinajstić information content (AvgIpc) is 2.37. The van der Waals surface area contributed by atoms with Crippen LogP contribution in [-0.4, -0.2) is 37.2 Å². The average molecular weight is 288 g/mol. The molecule has 1 unspecified atom stereocenters. The Morgan fingerprint density at radius 1 is 1.47 bits per heavy atom. The van der Waals surface area contributed by atoms with E-state index in [9.17, 15) is 14.3 Å². The van der Waals surface area contributed by atoms with Gasteiger partial charge in [0.05, 0.1) is 4.92 Å². The molecule has 0 bridgehead atoms. The maximum atomic E-state index is 11.3. The van der Waals surface area contributed by atoms with Gasteiger partial charge >= 0.3 is 5.69 Å². The number of nitrogens with one attached hydrogen (secondary N) is 2. The summed E-state index contributed by atoms with van der Waals surface area (Å²) >= 11 is 0. The monoisotopic (exact) mass is 288 g/mol. The van der Waals surface area contributed by atoms with E-state index in [1.807, 2.05) is 6.92 Å². The second kappa shape index (κ2) is 6.95. The molecule has 0 aromatic carbocycles. The summed E-state index contributed by atoms with van der Waals surface area (Å²) in [6.07, 6.45) is 0. The molecule has 4 N–H and O–H groups in total. The Labute approximate surface area is 112 Å². The molecule has 0 fully saturated rings. The van der Waals surface area contributed by atoms with Crippen molar-refractivity contribution in [1.29, 1.82) is 0 Å². The molecule has 0 radical (unpaired) electrons. The quantitative estimate of drug-likeness (QED) is 0.366. The van der Waals surface area contributed by atoms with E-state index < -0.39 is 15.7 Å². The van der Waals surface area contributed by atoms with E-state index in [0.29, 0.717) is 18.1 Å². The summed E-state index contributed by atoms with van der Waals surface area (Å²) in [4.78, 5) is 18.1. The molecule has 0 saturated carbocycles. The Morgan fingerprint density at radius 3 is 2.68 bits per heavy atom. The summed E-state index contributed by atoms with van der Waals surface area (Å²) in [5, 5.41) is 13.8. The van der Waals surface area contributed by atoms with Crippen LogP contribution in [0.2, 0.25) is 0 Å². The van der Waals surface area contributed by atoms with Gasteiger partial charge in [-0.05, 0) is 6.92 Å². The Morgan fingerprint density at radius 2 is 2.16 bits per heavy atom. The highest BCUT2D eigenvalue weighted by atomic mass is 32.2. The predicted octanol–water partition coefficient (Wildman–Crippen LogP) is 0.159. The van der Waals surface area contributed by atoms with Gasteiger partial charge in [-0.25, -0.2) is 10.8 Å². The highest BCUT2D eigenvalue weighted by Crippen LogP contribution is 2.25. The van der Waals surface area contributed by atoms with Crippen molar-refractivity contribution in [2.45, 2.75) is 13.8 Å². The van der Waals surface area contributed by atoms with Crippen LogP contribution in [0.5, 0.6) is 0 Å². The maximum absolute atomic E-state index is 11.3. The van der Waals surface area contributed by atoms with Crippen molar-refractivity contribution >= 4 is 28.3 Å². The Kier molecular flexibility index (Phi) is 5.57. The summed E-state index contributed by atoms with van der Waals surface area (Å²) < 4.78 is 11.3. The fourth-order valence-electron chi connectivity index (χ4n) is 1.40. The largest absolute Gasteiger partial charge is 0.363 e. The number of nitrogens with two attached hydrogens (primary N) is 1. The molecule has 106 valence electrons. The maximum Gasteiger partial charge on any atom is 0.332 e. The van der Waals surface area contributed by atoms with Gasteiger partial charge in [0.15, 0.2) is 0 Å². The minimum absolute atomic E-state index is 0.0681. The van der Waals surface area contributed by atoms with Gasteiger partial charge in [0, 0.05) is 28.9 Å². The van der Waals surface area contributed by atoms with Gasteiger partial charge in [0.2, 0.25) is 11.8 Å². The van der Waals surface area contributed by atoms with Crippen LogP contribution in [0.25, 0.3) is 0 Å². The van der Waals surface area contributed by atoms with E-state index in [-0.39, 0.29) is 23.1 Å². The van der Waals surface area contributed by atoms with Crippen molar-refractivity contribution in [3.8, 4) is 0 Å². The number of nitro groups is 1. The lowest BCUT2D eigenvalue weighted by atomic mass is 10.3. The van der Waals surface area contributed by atoms with Gasteiger partial charge in [0.25, 0.3) is 0 Å². The molecule has 0 aliphatic heterocycles. The molecular weight excluding hydrogens is 272 g/mol. The van der Waals surface area contributed by atoms with Crippen LogP contribution in [-0.2, 0) is 10.8 Å². The molecule has 1 atom stereocenters. The van der Waals surface area contributed by atoms with Gasteiger partial charge in [-0.15, -0.1) is 0 Å². The third kappa shape index (κ3) is 4.10. The third-order valence-electron chi connectivity index (χ3n) is 2.31. The smallest absolute Gasteiger partial charge is 0.332 e. The number of aryl methyl sites for hydroxylation is 1. The van der Waals surface area contributed by atoms with E-state index in [1.165, 1.54) is 6.92 Å². The standard InChI is InChI=1S/C9H16N6O3S/c1-3-19(18)5-4-11-8-7(15(16)17)6(2)12-9(13-8)14-10/h3-5,10H2,1-2H3,(H2,11,12,13,14). The molecule has 1 aromatic heterocycles. The molecule has 0 amide bonds. The van der Waals surface area contributed by atoms with Crippen molar-refractivity contribution in [1.82, 2.24) is 9.97 Å². The van der Waals surface area contributed by atoms with Gasteiger partial charge < -0.3 is 5.32 Å². The fraction of sp³-hybridized carbons (Fsp3) is 0.556. The van der Waals surface area contributed by atoms with Gasteiger partial charge in [0.1, 0.15) is 5.69 Å². The lowest BCUT2D eigenvalue weighted by molar-refractivity contribution is -0.385. The van der Waals surface area contributed by atoms with Gasteiger partial charge in [-0.3, -0.25) is 19.7 Å². The van der Waals surface area contributed by atoms with E-state index in [1.54, 1.807) is 0 Å². The van der Waals surface area contributed by atoms with Crippen molar-refractivity contribution < 1.29 is 9.13 Å². The molecule has 0 aliphatic rings. The number of nitrogens with zero attached hydrogens (tertiary/aromatic N) is 3. The minimum Gasteiger partial charge on any atom is -0.363 e. The van der Waals surface area contributed by atoms with E-state index in [2.05, 4.69) is 20.7 Å². The number of hydrogen-bond donors (Lipinski definition) is 3. The van der Waals surface area contributed by atoms with Crippen LogP contribution in [0.15, 0.2) is 0 Å². The lowest BCUT2D eigenvalue weighted by Gasteiger charge is -2.08. The summed E-state index contributed by atoms with van der Waals surface area (Å²) in [6.45, 7) is 3.63. The number of nitrogen functional groups attached to an aromatic ring is 1. The van der Waals surface area contributed by atoms with Crippen LogP contribution < -0.4 is 16.6 Å². The van der Waals surface area contributed by atoms with E-state index in [0.717, 1.165) is 0 Å². The topological polar surface area (TPSA) is 136 Å². The molecule has 10 heteroatoms. The fourth-order valence-corrected chi connectivity index (χ4v) is 2.02. The van der Waals surface area contributed by atoms with Gasteiger partial charge in [-0.1, -0.05) is 6.92 Å². The normalized spacial score (nSPS) is 11.9. The number of hydrazine groups is 1. The SMILES string of the molecule is CCS(=O)CCNc1nc(NN)nc(C)c1[N+](=O)[O-]. The summed E-state index contributed by atoms with van der Waals surface area (Å²) in [5.41, 5.74) is 2.23. The first kappa shape index (κ1) is 15.2. The first-order valence-corrected chi connectivity index (χ1v) is 7.06. The highest BCUT2D eigenvalue weighted by molar-refractivity contribution is 7.84. The molecule has 0 spiro atoms. The number of aromatic nitrogens is 2. The molecule has 1 heterocycles. The van der Waals surface area contributed by atoms with Crippen molar-refractivity contribution in [3.63, 3.8) is 0 Å². The van der Waals surface area contributed by atoms with Crippen molar-refractivity contribution in [3.05, 3.63) is 15.8 Å². The van der Waals surface area contributed by atoms with Crippen molar-refractivity contribution in [2.24, 2.45) is 5.84 Å². The second-order valence-electron chi connectivity index (χ2n) is 3.59. The molecule has 0 aliphatic carbocycles. The molecule has 19 heavy (non-hydrogen) atoms. The van der Waals surface area contributed by atoms with Crippen LogP contribution in [0.1, 0.15) is 12.6 Å². The van der Waals surface area contributed by atoms with Gasteiger partial charge in [-0.2, -0.15) is 4.98 Å². The third-order valence-corrected chi connectivity index (χ3v) is 3.62. The molecule has 9 nitrogen and oxygen atoms in total. The molecule has 0 saturated heterocycles. The Hall–Kier alpha value is -1.81. The van der Waals surface area contributed by atoms with Crippen molar-refractivity contribution in [2.75, 3.05) is 28.8 Å². The second-order valence-corrected chi connectivity index (χ2v) is 5.46. The predicted molar refractivity (Wildman–Crippen MR) is 73.3 cm³/mol. The summed E-state index contributed by atoms with van der Waals surface area (Å²) in [7, 11) is -0.947.